The van der Waals surface area contributed by atoms with Crippen LogP contribution in [0.5, 0.6) is 11.5 Å². The Labute approximate surface area is 199 Å². The Morgan fingerprint density at radius 2 is 1.22 bits per heavy atom. The summed E-state index contributed by atoms with van der Waals surface area (Å²) in [5, 5.41) is 0. The number of rotatable bonds is 7. The first-order chi connectivity index (χ1) is 16.9. The minimum Gasteiger partial charge on any atom is -0.493 e. The highest BCUT2D eigenvalue weighted by Crippen LogP contribution is 2.37. The molecule has 190 valence electrons. The molecule has 0 fully saturated rings. The van der Waals surface area contributed by atoms with Gasteiger partial charge in [-0.3, -0.25) is 0 Å². The lowest BCUT2D eigenvalue weighted by Crippen LogP contribution is -2.25. The number of alkyl halides is 2. The van der Waals surface area contributed by atoms with E-state index in [0.717, 1.165) is 6.42 Å². The minimum absolute atomic E-state index is 0.0977. The van der Waals surface area contributed by atoms with Crippen molar-refractivity contribution in [2.45, 2.75) is 25.9 Å². The summed E-state index contributed by atoms with van der Waals surface area (Å²) in [4.78, 5) is 0. The van der Waals surface area contributed by atoms with Gasteiger partial charge in [0.2, 0.25) is 0 Å². The van der Waals surface area contributed by atoms with Gasteiger partial charge in [-0.15, -0.1) is 0 Å². The average Bonchev–Trinajstić information content (AvgIpc) is 2.76. The number of hydrogen-bond acceptors (Lipinski definition) is 2. The first-order valence-corrected chi connectivity index (χ1v) is 10.3. The van der Waals surface area contributed by atoms with Crippen LogP contribution in [0, 0.1) is 52.6 Å². The van der Waals surface area contributed by atoms with Gasteiger partial charge in [0, 0.05) is 29.8 Å². The maximum atomic E-state index is 14.5. The molecule has 3 aromatic carbocycles. The van der Waals surface area contributed by atoms with Gasteiger partial charge in [0.1, 0.15) is 40.3 Å². The topological polar surface area (TPSA) is 18.5 Å². The molecule has 3 aromatic rings. The largest absolute Gasteiger partial charge is 0.493 e. The molecule has 0 atom stereocenters. The van der Waals surface area contributed by atoms with Crippen LogP contribution in [0.15, 0.2) is 36.4 Å². The van der Waals surface area contributed by atoms with Crippen molar-refractivity contribution in [2.24, 2.45) is 0 Å². The highest BCUT2D eigenvalue weighted by Gasteiger charge is 2.41. The van der Waals surface area contributed by atoms with Crippen LogP contribution in [0.2, 0.25) is 0 Å². The fourth-order valence-electron chi connectivity index (χ4n) is 2.94. The molecule has 0 unspecified atom stereocenters. The Hall–Kier alpha value is -3.81. The fraction of sp³-hybridized carbons (Fsp3) is 0.200. The Bertz CT molecular complexity index is 1270. The molecule has 0 N–H and O–H groups in total. The van der Waals surface area contributed by atoms with Crippen molar-refractivity contribution in [1.82, 2.24) is 0 Å². The van der Waals surface area contributed by atoms with E-state index < -0.39 is 69.3 Å². The van der Waals surface area contributed by atoms with Gasteiger partial charge in [0.15, 0.2) is 17.5 Å². The number of ether oxygens (including phenoxy) is 2. The second-order valence-electron chi connectivity index (χ2n) is 7.35. The van der Waals surface area contributed by atoms with Crippen LogP contribution in [-0.4, -0.2) is 6.61 Å². The molecular weight excluding hydrogens is 503 g/mol. The molecule has 0 amide bonds. The number of halogens is 9. The molecule has 0 radical (unpaired) electrons. The zero-order valence-corrected chi connectivity index (χ0v) is 18.3. The van der Waals surface area contributed by atoms with E-state index in [1.165, 1.54) is 0 Å². The minimum atomic E-state index is -4.69. The normalized spacial score (nSPS) is 11.2. The molecule has 0 aliphatic heterocycles. The highest BCUT2D eigenvalue weighted by atomic mass is 19.3. The van der Waals surface area contributed by atoms with Crippen molar-refractivity contribution >= 4 is 0 Å². The Morgan fingerprint density at radius 1 is 0.694 bits per heavy atom. The number of hydrogen-bond donors (Lipinski definition) is 0. The number of benzene rings is 3. The lowest BCUT2D eigenvalue weighted by Gasteiger charge is -2.20. The zero-order valence-electron chi connectivity index (χ0n) is 18.3. The van der Waals surface area contributed by atoms with Crippen LogP contribution in [0.4, 0.5) is 39.5 Å². The number of unbranched alkanes of at least 4 members (excludes halogenated alkanes) is 1. The molecule has 0 bridgehead atoms. The SMILES string of the molecule is CCCCOc1cc(F)c(C(F)(F)Oc2cc(F)c(C#Cc3cc(F)c(F)c(F)c3)c(F)c2)c(F)c1. The molecule has 0 saturated carbocycles. The second-order valence-corrected chi connectivity index (χ2v) is 7.35. The average molecular weight is 518 g/mol. The lowest BCUT2D eigenvalue weighted by atomic mass is 10.1. The van der Waals surface area contributed by atoms with Gasteiger partial charge < -0.3 is 9.47 Å². The molecule has 36 heavy (non-hydrogen) atoms. The molecule has 0 aliphatic carbocycles. The van der Waals surface area contributed by atoms with E-state index in [0.29, 0.717) is 30.7 Å². The predicted molar refractivity (Wildman–Crippen MR) is 110 cm³/mol. The monoisotopic (exact) mass is 518 g/mol. The van der Waals surface area contributed by atoms with Gasteiger partial charge in [-0.25, -0.2) is 30.7 Å². The van der Waals surface area contributed by atoms with Crippen molar-refractivity contribution < 1.29 is 49.0 Å². The summed E-state index contributed by atoms with van der Waals surface area (Å²) in [7, 11) is 0. The van der Waals surface area contributed by atoms with Crippen LogP contribution in [-0.2, 0) is 6.11 Å². The first-order valence-electron chi connectivity index (χ1n) is 10.3. The Morgan fingerprint density at radius 3 is 1.75 bits per heavy atom. The van der Waals surface area contributed by atoms with E-state index in [1.54, 1.807) is 0 Å². The van der Waals surface area contributed by atoms with E-state index in [2.05, 4.69) is 4.74 Å². The first kappa shape index (κ1) is 26.8. The van der Waals surface area contributed by atoms with Crippen molar-refractivity contribution in [3.05, 3.63) is 93.8 Å². The van der Waals surface area contributed by atoms with Crippen LogP contribution < -0.4 is 9.47 Å². The van der Waals surface area contributed by atoms with Crippen molar-refractivity contribution in [1.29, 1.82) is 0 Å². The third-order valence-electron chi connectivity index (χ3n) is 4.65. The summed E-state index contributed by atoms with van der Waals surface area (Å²) in [6, 6.07) is 2.53. The molecular formula is C25H15F9O2. The van der Waals surface area contributed by atoms with E-state index in [9.17, 15) is 39.5 Å². The Balaban J connectivity index is 1.87. The van der Waals surface area contributed by atoms with Gasteiger partial charge in [0.05, 0.1) is 12.2 Å². The maximum absolute atomic E-state index is 14.5. The summed E-state index contributed by atoms with van der Waals surface area (Å²) in [6.07, 6.45) is -3.42. The van der Waals surface area contributed by atoms with Crippen LogP contribution in [0.3, 0.4) is 0 Å². The third-order valence-corrected chi connectivity index (χ3v) is 4.65. The lowest BCUT2D eigenvalue weighted by molar-refractivity contribution is -0.189. The second kappa shape index (κ2) is 10.8. The summed E-state index contributed by atoms with van der Waals surface area (Å²) in [5.74, 6) is -9.00. The molecule has 0 heterocycles. The molecule has 0 spiro atoms. The van der Waals surface area contributed by atoms with E-state index >= 15 is 0 Å². The molecule has 0 aliphatic rings. The van der Waals surface area contributed by atoms with Crippen LogP contribution in [0.1, 0.15) is 36.5 Å². The van der Waals surface area contributed by atoms with Crippen molar-refractivity contribution in [3.63, 3.8) is 0 Å². The highest BCUT2D eigenvalue weighted by molar-refractivity contribution is 5.46. The van der Waals surface area contributed by atoms with Gasteiger partial charge in [-0.05, 0) is 18.6 Å². The molecule has 0 saturated heterocycles. The van der Waals surface area contributed by atoms with Gasteiger partial charge in [-0.1, -0.05) is 25.2 Å². The van der Waals surface area contributed by atoms with Crippen LogP contribution in [0.25, 0.3) is 0 Å². The van der Waals surface area contributed by atoms with Gasteiger partial charge >= 0.3 is 6.11 Å². The fourth-order valence-corrected chi connectivity index (χ4v) is 2.94. The third kappa shape index (κ3) is 6.05. The molecule has 0 aromatic heterocycles. The Kier molecular flexibility index (Phi) is 8.07. The van der Waals surface area contributed by atoms with E-state index in [1.807, 2.05) is 18.8 Å². The zero-order chi connectivity index (χ0) is 26.6. The molecule has 11 heteroatoms. The summed E-state index contributed by atoms with van der Waals surface area (Å²) >= 11 is 0. The molecule has 2 nitrogen and oxygen atoms in total. The predicted octanol–water partition coefficient (Wildman–Crippen LogP) is 7.37. The van der Waals surface area contributed by atoms with Gasteiger partial charge in [0.25, 0.3) is 0 Å². The molecule has 3 rings (SSSR count). The van der Waals surface area contributed by atoms with Crippen molar-refractivity contribution in [3.8, 4) is 23.3 Å². The standard InChI is InChI=1S/C25H15F9O2/c1-2-3-6-35-14-9-19(28)23(20(29)10-14)25(33,34)36-15-11-17(26)16(18(27)12-15)5-4-13-7-21(30)24(32)22(31)8-13/h7-12H,2-3,6H2,1H3. The van der Waals surface area contributed by atoms with Gasteiger partial charge in [-0.2, -0.15) is 8.78 Å². The van der Waals surface area contributed by atoms with Crippen LogP contribution >= 0.6 is 0 Å². The van der Waals surface area contributed by atoms with Crippen molar-refractivity contribution in [2.75, 3.05) is 6.61 Å². The quantitative estimate of drug-likeness (QED) is 0.141. The smallest absolute Gasteiger partial charge is 0.432 e. The van der Waals surface area contributed by atoms with E-state index in [4.69, 9.17) is 4.74 Å². The van der Waals surface area contributed by atoms with E-state index in [-0.39, 0.29) is 24.5 Å². The maximum Gasteiger partial charge on any atom is 0.432 e. The summed E-state index contributed by atoms with van der Waals surface area (Å²) in [5.41, 5.74) is -3.28. The summed E-state index contributed by atoms with van der Waals surface area (Å²) in [6.45, 7) is 1.94. The summed E-state index contributed by atoms with van der Waals surface area (Å²) < 4.78 is 135.